The van der Waals surface area contributed by atoms with Crippen molar-refractivity contribution in [2.24, 2.45) is 0 Å². The fourth-order valence-corrected chi connectivity index (χ4v) is 4.20. The van der Waals surface area contributed by atoms with Crippen molar-refractivity contribution >= 4 is 21.9 Å². The van der Waals surface area contributed by atoms with E-state index in [0.717, 1.165) is 28.4 Å². The molecule has 186 valence electrons. The molecular formula is C23H22F3N3O5S. The van der Waals surface area contributed by atoms with Gasteiger partial charge in [0.25, 0.3) is 10.0 Å². The van der Waals surface area contributed by atoms with Gasteiger partial charge in [0, 0.05) is 5.56 Å². The molecule has 1 heterocycles. The van der Waals surface area contributed by atoms with E-state index in [1.165, 1.54) is 12.1 Å². The average molecular weight is 510 g/mol. The second-order valence-corrected chi connectivity index (χ2v) is 10.4. The highest BCUT2D eigenvalue weighted by atomic mass is 32.2. The van der Waals surface area contributed by atoms with Gasteiger partial charge in [0.15, 0.2) is 5.69 Å². The Morgan fingerprint density at radius 3 is 2.06 bits per heavy atom. The molecular weight excluding hydrogens is 487 g/mol. The summed E-state index contributed by atoms with van der Waals surface area (Å²) in [5.41, 5.74) is 0.470. The maximum Gasteiger partial charge on any atom is 0.435 e. The Morgan fingerprint density at radius 2 is 1.57 bits per heavy atom. The molecule has 2 N–H and O–H groups in total. The Balaban J connectivity index is 2.01. The first-order valence-electron chi connectivity index (χ1n) is 10.2. The van der Waals surface area contributed by atoms with Gasteiger partial charge >= 0.3 is 12.1 Å². The minimum Gasteiger partial charge on any atom is -0.481 e. The van der Waals surface area contributed by atoms with Crippen LogP contribution in [0.2, 0.25) is 0 Å². The number of nitrogens with one attached hydrogen (secondary N) is 1. The molecule has 1 amide bonds. The van der Waals surface area contributed by atoms with Gasteiger partial charge in [-0.05, 0) is 41.3 Å². The van der Waals surface area contributed by atoms with Crippen molar-refractivity contribution in [2.45, 2.75) is 43.7 Å². The summed E-state index contributed by atoms with van der Waals surface area (Å²) >= 11 is 0. The molecule has 3 rings (SSSR count). The predicted molar refractivity (Wildman–Crippen MR) is 120 cm³/mol. The van der Waals surface area contributed by atoms with E-state index in [2.05, 4.69) is 5.10 Å². The third-order valence-corrected chi connectivity index (χ3v) is 6.39. The van der Waals surface area contributed by atoms with E-state index in [4.69, 9.17) is 5.11 Å². The van der Waals surface area contributed by atoms with Crippen LogP contribution in [0.1, 0.15) is 38.4 Å². The lowest BCUT2D eigenvalue weighted by atomic mass is 9.86. The fraction of sp³-hybridized carbons (Fsp3) is 0.261. The summed E-state index contributed by atoms with van der Waals surface area (Å²) in [5.74, 6) is -2.74. The molecule has 0 atom stereocenters. The zero-order valence-electron chi connectivity index (χ0n) is 18.9. The number of carboxylic acids is 1. The third kappa shape index (κ3) is 6.07. The molecule has 0 aliphatic carbocycles. The lowest BCUT2D eigenvalue weighted by molar-refractivity contribution is -0.142. The first-order chi connectivity index (χ1) is 16.1. The highest BCUT2D eigenvalue weighted by molar-refractivity contribution is 7.90. The van der Waals surface area contributed by atoms with Gasteiger partial charge in [0.1, 0.15) is 6.42 Å². The molecule has 0 bridgehead atoms. The van der Waals surface area contributed by atoms with Crippen molar-refractivity contribution in [3.8, 4) is 16.9 Å². The SMILES string of the molecule is CC(C)(C)c1ccc(-c2cc(C(F)(F)F)nn2-c2ccc(S(=O)(=O)NC(=O)CC(=O)O)cc2)cc1. The number of nitrogens with zero attached hydrogens (tertiary/aromatic N) is 2. The number of aliphatic carboxylic acids is 1. The fourth-order valence-electron chi connectivity index (χ4n) is 3.21. The van der Waals surface area contributed by atoms with Crippen LogP contribution in [0.25, 0.3) is 16.9 Å². The number of amides is 1. The maximum absolute atomic E-state index is 13.4. The van der Waals surface area contributed by atoms with Gasteiger partial charge in [-0.1, -0.05) is 45.0 Å². The Kier molecular flexibility index (Phi) is 6.80. The van der Waals surface area contributed by atoms with Crippen molar-refractivity contribution < 1.29 is 36.3 Å². The van der Waals surface area contributed by atoms with E-state index >= 15 is 0 Å². The first-order valence-corrected chi connectivity index (χ1v) is 11.7. The van der Waals surface area contributed by atoms with Crippen LogP contribution in [0.15, 0.2) is 59.5 Å². The molecule has 8 nitrogen and oxygen atoms in total. The molecule has 1 aromatic heterocycles. The van der Waals surface area contributed by atoms with Crippen LogP contribution in [0.3, 0.4) is 0 Å². The number of hydrogen-bond acceptors (Lipinski definition) is 5. The highest BCUT2D eigenvalue weighted by Gasteiger charge is 2.35. The van der Waals surface area contributed by atoms with E-state index in [0.29, 0.717) is 5.56 Å². The summed E-state index contributed by atoms with van der Waals surface area (Å²) in [6.45, 7) is 6.02. The number of carboxylic acid groups (broad SMARTS) is 1. The average Bonchev–Trinajstić information content (AvgIpc) is 3.18. The van der Waals surface area contributed by atoms with E-state index in [1.807, 2.05) is 32.9 Å². The number of aromatic nitrogens is 2. The molecule has 0 radical (unpaired) electrons. The van der Waals surface area contributed by atoms with Crippen LogP contribution in [0.5, 0.6) is 0 Å². The summed E-state index contributed by atoms with van der Waals surface area (Å²) in [6, 6.07) is 12.5. The van der Waals surface area contributed by atoms with E-state index < -0.39 is 40.2 Å². The summed E-state index contributed by atoms with van der Waals surface area (Å²) in [5, 5.41) is 12.3. The molecule has 3 aromatic rings. The van der Waals surface area contributed by atoms with Gasteiger partial charge in [0.05, 0.1) is 16.3 Å². The van der Waals surface area contributed by atoms with Gasteiger partial charge in [0.2, 0.25) is 5.91 Å². The number of benzene rings is 2. The van der Waals surface area contributed by atoms with Crippen LogP contribution < -0.4 is 4.72 Å². The van der Waals surface area contributed by atoms with Gasteiger partial charge in [-0.25, -0.2) is 17.8 Å². The monoisotopic (exact) mass is 509 g/mol. The number of carbonyl (C=O) groups excluding carboxylic acids is 1. The van der Waals surface area contributed by atoms with Gasteiger partial charge in [-0.15, -0.1) is 0 Å². The van der Waals surface area contributed by atoms with Crippen LogP contribution in [0, 0.1) is 0 Å². The smallest absolute Gasteiger partial charge is 0.435 e. The number of sulfonamides is 1. The lowest BCUT2D eigenvalue weighted by Crippen LogP contribution is -2.31. The van der Waals surface area contributed by atoms with Crippen molar-refractivity contribution in [1.82, 2.24) is 14.5 Å². The number of rotatable bonds is 6. The summed E-state index contributed by atoms with van der Waals surface area (Å²) < 4.78 is 67.6. The second-order valence-electron chi connectivity index (χ2n) is 8.74. The normalized spacial score (nSPS) is 12.4. The van der Waals surface area contributed by atoms with Crippen LogP contribution >= 0.6 is 0 Å². The Hall–Kier alpha value is -3.67. The predicted octanol–water partition coefficient (Wildman–Crippen LogP) is 4.14. The zero-order chi connectivity index (χ0) is 26.2. The molecule has 0 aliphatic rings. The number of halogens is 3. The van der Waals surface area contributed by atoms with Crippen molar-refractivity contribution in [3.05, 3.63) is 65.9 Å². The molecule has 35 heavy (non-hydrogen) atoms. The maximum atomic E-state index is 13.4. The minimum absolute atomic E-state index is 0.142. The number of carbonyl (C=O) groups is 2. The zero-order valence-corrected chi connectivity index (χ0v) is 19.7. The van der Waals surface area contributed by atoms with Crippen LogP contribution in [-0.2, 0) is 31.2 Å². The van der Waals surface area contributed by atoms with Crippen molar-refractivity contribution in [2.75, 3.05) is 0 Å². The van der Waals surface area contributed by atoms with Gasteiger partial charge in [-0.3, -0.25) is 9.59 Å². The highest BCUT2D eigenvalue weighted by Crippen LogP contribution is 2.34. The van der Waals surface area contributed by atoms with Crippen molar-refractivity contribution in [3.63, 3.8) is 0 Å². The molecule has 0 spiro atoms. The molecule has 0 unspecified atom stereocenters. The summed E-state index contributed by atoms with van der Waals surface area (Å²) in [7, 11) is -4.38. The van der Waals surface area contributed by atoms with E-state index in [1.54, 1.807) is 16.9 Å². The number of hydrogen-bond donors (Lipinski definition) is 2. The van der Waals surface area contributed by atoms with E-state index in [-0.39, 0.29) is 21.7 Å². The quantitative estimate of drug-likeness (QED) is 0.483. The first kappa shape index (κ1) is 25.9. The Morgan fingerprint density at radius 1 is 1.00 bits per heavy atom. The molecule has 0 saturated carbocycles. The van der Waals surface area contributed by atoms with Gasteiger partial charge < -0.3 is 5.11 Å². The lowest BCUT2D eigenvalue weighted by Gasteiger charge is -2.19. The molecule has 12 heteroatoms. The second kappa shape index (κ2) is 9.17. The third-order valence-electron chi connectivity index (χ3n) is 5.00. The van der Waals surface area contributed by atoms with Crippen LogP contribution in [0.4, 0.5) is 13.2 Å². The molecule has 0 aliphatic heterocycles. The van der Waals surface area contributed by atoms with E-state index in [9.17, 15) is 31.2 Å². The standard InChI is InChI=1S/C23H22F3N3O5S/c1-22(2,3)15-6-4-14(5-7-15)18-12-19(23(24,25)26)27-29(18)16-8-10-17(11-9-16)35(33,34)28-20(30)13-21(31)32/h4-12H,13H2,1-3H3,(H,28,30)(H,31,32). The molecule has 2 aromatic carbocycles. The molecule has 0 fully saturated rings. The van der Waals surface area contributed by atoms with Gasteiger partial charge in [-0.2, -0.15) is 18.3 Å². The van der Waals surface area contributed by atoms with Crippen molar-refractivity contribution in [1.29, 1.82) is 0 Å². The Bertz CT molecular complexity index is 1360. The minimum atomic E-state index is -4.71. The summed E-state index contributed by atoms with van der Waals surface area (Å²) in [4.78, 5) is 21.7. The largest absolute Gasteiger partial charge is 0.481 e. The number of alkyl halides is 3. The van der Waals surface area contributed by atoms with Crippen LogP contribution in [-0.4, -0.2) is 35.2 Å². The molecule has 0 saturated heterocycles. The topological polar surface area (TPSA) is 118 Å². The Labute approximate surface area is 199 Å². The summed E-state index contributed by atoms with van der Waals surface area (Å²) in [6.07, 6.45) is -5.74.